The summed E-state index contributed by atoms with van der Waals surface area (Å²) < 4.78 is 5.21. The van der Waals surface area contributed by atoms with Crippen LogP contribution in [0.15, 0.2) is 30.3 Å². The van der Waals surface area contributed by atoms with Gasteiger partial charge in [-0.25, -0.2) is 4.79 Å². The summed E-state index contributed by atoms with van der Waals surface area (Å²) in [4.78, 5) is 22.9. The average Bonchev–Trinajstić information content (AvgIpc) is 2.44. The van der Waals surface area contributed by atoms with Crippen LogP contribution in [0, 0.1) is 0 Å². The van der Waals surface area contributed by atoms with Crippen LogP contribution in [0.2, 0.25) is 0 Å². The Morgan fingerprint density at radius 2 is 1.95 bits per heavy atom. The summed E-state index contributed by atoms with van der Waals surface area (Å²) in [6.07, 6.45) is -0.0654. The van der Waals surface area contributed by atoms with E-state index < -0.39 is 24.1 Å². The number of ether oxygens (including phenoxy) is 1. The summed E-state index contributed by atoms with van der Waals surface area (Å²) in [5.41, 5.74) is 11.5. The topological polar surface area (TPSA) is 107 Å². The number of carbonyl (C=O) groups is 2. The number of primary amides is 1. The number of benzene rings is 1. The Bertz CT molecular complexity index is 437. The van der Waals surface area contributed by atoms with Crippen molar-refractivity contribution >= 4 is 12.0 Å². The number of hydrogen-bond donors (Lipinski definition) is 3. The molecule has 0 bridgehead atoms. The van der Waals surface area contributed by atoms with Crippen molar-refractivity contribution < 1.29 is 14.3 Å². The molecule has 0 aliphatic rings. The lowest BCUT2D eigenvalue weighted by Gasteiger charge is -2.18. The molecule has 0 spiro atoms. The van der Waals surface area contributed by atoms with Crippen molar-refractivity contribution in [3.05, 3.63) is 35.9 Å². The van der Waals surface area contributed by atoms with E-state index in [9.17, 15) is 9.59 Å². The van der Waals surface area contributed by atoms with Crippen molar-refractivity contribution in [2.45, 2.75) is 31.9 Å². The molecule has 1 rings (SSSR count). The van der Waals surface area contributed by atoms with Gasteiger partial charge in [0.15, 0.2) is 0 Å². The van der Waals surface area contributed by atoms with Crippen LogP contribution in [0.4, 0.5) is 4.79 Å². The minimum atomic E-state index is -0.756. The van der Waals surface area contributed by atoms with Gasteiger partial charge in [-0.05, 0) is 31.9 Å². The molecule has 0 saturated heterocycles. The number of carbonyl (C=O) groups excluding carboxylic acids is 2. The normalized spacial score (nSPS) is 13.3. The first kappa shape index (κ1) is 16.0. The van der Waals surface area contributed by atoms with Gasteiger partial charge in [-0.3, -0.25) is 4.79 Å². The van der Waals surface area contributed by atoms with Gasteiger partial charge in [-0.2, -0.15) is 0 Å². The molecule has 0 heterocycles. The van der Waals surface area contributed by atoms with Crippen LogP contribution >= 0.6 is 0 Å². The molecule has 0 aliphatic carbocycles. The molecule has 6 heteroatoms. The van der Waals surface area contributed by atoms with E-state index >= 15 is 0 Å². The van der Waals surface area contributed by atoms with Gasteiger partial charge in [0.2, 0.25) is 5.91 Å². The number of hydrogen-bond acceptors (Lipinski definition) is 4. The maximum Gasteiger partial charge on any atom is 0.408 e. The van der Waals surface area contributed by atoms with Gasteiger partial charge in [0.25, 0.3) is 0 Å². The highest BCUT2D eigenvalue weighted by atomic mass is 16.6. The van der Waals surface area contributed by atoms with Crippen molar-refractivity contribution in [3.8, 4) is 0 Å². The molecule has 5 N–H and O–H groups in total. The highest BCUT2D eigenvalue weighted by Gasteiger charge is 2.19. The molecule has 1 aromatic rings. The first-order valence-corrected chi connectivity index (χ1v) is 6.56. The summed E-state index contributed by atoms with van der Waals surface area (Å²) in [6.45, 7) is 2.19. The SMILES string of the molecule is CC(OC(=O)N[C@@H](CCCN)C(N)=O)c1ccccc1. The van der Waals surface area contributed by atoms with E-state index in [2.05, 4.69) is 5.32 Å². The van der Waals surface area contributed by atoms with E-state index in [1.54, 1.807) is 6.92 Å². The second-order valence-electron chi connectivity index (χ2n) is 4.49. The van der Waals surface area contributed by atoms with Crippen LogP contribution in [0.3, 0.4) is 0 Å². The largest absolute Gasteiger partial charge is 0.442 e. The molecular formula is C14H21N3O3. The predicted molar refractivity (Wildman–Crippen MR) is 75.7 cm³/mol. The minimum absolute atomic E-state index is 0.403. The standard InChI is InChI=1S/C14H21N3O3/c1-10(11-6-3-2-4-7-11)20-14(19)17-12(13(16)18)8-5-9-15/h2-4,6-7,10,12H,5,8-9,15H2,1H3,(H2,16,18)(H,17,19)/t10?,12-/m0/s1. The molecule has 0 saturated carbocycles. The molecule has 2 atom stereocenters. The highest BCUT2D eigenvalue weighted by molar-refractivity contribution is 5.84. The number of nitrogens with one attached hydrogen (secondary N) is 1. The smallest absolute Gasteiger partial charge is 0.408 e. The van der Waals surface area contributed by atoms with E-state index in [-0.39, 0.29) is 0 Å². The van der Waals surface area contributed by atoms with Crippen molar-refractivity contribution in [3.63, 3.8) is 0 Å². The zero-order valence-corrected chi connectivity index (χ0v) is 11.5. The number of nitrogens with two attached hydrogens (primary N) is 2. The second kappa shape index (κ2) is 8.16. The van der Waals surface area contributed by atoms with Crippen molar-refractivity contribution in [2.24, 2.45) is 11.5 Å². The monoisotopic (exact) mass is 279 g/mol. The van der Waals surface area contributed by atoms with Crippen LogP contribution in [-0.4, -0.2) is 24.6 Å². The molecule has 0 fully saturated rings. The lowest BCUT2D eigenvalue weighted by Crippen LogP contribution is -2.45. The Hall–Kier alpha value is -2.08. The zero-order valence-electron chi connectivity index (χ0n) is 11.5. The summed E-state index contributed by atoms with van der Waals surface area (Å²) in [7, 11) is 0. The maximum absolute atomic E-state index is 11.7. The van der Waals surface area contributed by atoms with Gasteiger partial charge in [0, 0.05) is 0 Å². The Morgan fingerprint density at radius 1 is 1.30 bits per heavy atom. The van der Waals surface area contributed by atoms with E-state index in [0.717, 1.165) is 5.56 Å². The molecule has 6 nitrogen and oxygen atoms in total. The number of alkyl carbamates (subject to hydrolysis) is 1. The van der Waals surface area contributed by atoms with E-state index in [1.807, 2.05) is 30.3 Å². The first-order valence-electron chi connectivity index (χ1n) is 6.56. The van der Waals surface area contributed by atoms with Crippen LogP contribution in [0.1, 0.15) is 31.4 Å². The van der Waals surface area contributed by atoms with Crippen molar-refractivity contribution in [1.82, 2.24) is 5.32 Å². The molecule has 1 aromatic carbocycles. The minimum Gasteiger partial charge on any atom is -0.442 e. The van der Waals surface area contributed by atoms with Crippen LogP contribution in [0.5, 0.6) is 0 Å². The molecule has 1 unspecified atom stereocenters. The Kier molecular flexibility index (Phi) is 6.52. The molecule has 20 heavy (non-hydrogen) atoms. The van der Waals surface area contributed by atoms with Crippen LogP contribution < -0.4 is 16.8 Å². The van der Waals surface area contributed by atoms with Gasteiger partial charge in [-0.15, -0.1) is 0 Å². The highest BCUT2D eigenvalue weighted by Crippen LogP contribution is 2.15. The predicted octanol–water partition coefficient (Wildman–Crippen LogP) is 1.07. The van der Waals surface area contributed by atoms with Crippen LogP contribution in [0.25, 0.3) is 0 Å². The molecule has 0 radical (unpaired) electrons. The zero-order chi connectivity index (χ0) is 15.0. The molecule has 0 aliphatic heterocycles. The van der Waals surface area contributed by atoms with Crippen LogP contribution in [-0.2, 0) is 9.53 Å². The summed E-state index contributed by atoms with van der Waals surface area (Å²) in [6, 6.07) is 8.57. The van der Waals surface area contributed by atoms with Crippen molar-refractivity contribution in [1.29, 1.82) is 0 Å². The fourth-order valence-electron chi connectivity index (χ4n) is 1.74. The van der Waals surface area contributed by atoms with Crippen molar-refractivity contribution in [2.75, 3.05) is 6.54 Å². The van der Waals surface area contributed by atoms with Gasteiger partial charge >= 0.3 is 6.09 Å². The van der Waals surface area contributed by atoms with E-state index in [0.29, 0.717) is 19.4 Å². The lowest BCUT2D eigenvalue weighted by molar-refractivity contribution is -0.120. The van der Waals surface area contributed by atoms with Gasteiger partial charge < -0.3 is 21.5 Å². The Balaban J connectivity index is 2.51. The number of rotatable bonds is 7. The molecular weight excluding hydrogens is 258 g/mol. The third-order valence-corrected chi connectivity index (χ3v) is 2.89. The second-order valence-corrected chi connectivity index (χ2v) is 4.49. The molecule has 110 valence electrons. The fourth-order valence-corrected chi connectivity index (χ4v) is 1.74. The molecule has 0 aromatic heterocycles. The fraction of sp³-hybridized carbons (Fsp3) is 0.429. The van der Waals surface area contributed by atoms with Gasteiger partial charge in [-0.1, -0.05) is 30.3 Å². The van der Waals surface area contributed by atoms with Gasteiger partial charge in [0.05, 0.1) is 0 Å². The third kappa shape index (κ3) is 5.27. The third-order valence-electron chi connectivity index (χ3n) is 2.89. The average molecular weight is 279 g/mol. The Morgan fingerprint density at radius 3 is 2.50 bits per heavy atom. The molecule has 2 amide bonds. The van der Waals surface area contributed by atoms with Gasteiger partial charge in [0.1, 0.15) is 12.1 Å². The quantitative estimate of drug-likeness (QED) is 0.693. The van der Waals surface area contributed by atoms with E-state index in [4.69, 9.17) is 16.2 Å². The summed E-state index contributed by atoms with van der Waals surface area (Å²) in [5, 5.41) is 2.46. The number of amides is 2. The summed E-state index contributed by atoms with van der Waals surface area (Å²) in [5.74, 6) is -0.595. The maximum atomic E-state index is 11.7. The van der Waals surface area contributed by atoms with E-state index in [1.165, 1.54) is 0 Å². The first-order chi connectivity index (χ1) is 9.54. The Labute approximate surface area is 118 Å². The summed E-state index contributed by atoms with van der Waals surface area (Å²) >= 11 is 0. The lowest BCUT2D eigenvalue weighted by atomic mass is 10.1.